The average molecular weight is 346 g/mol. The first-order chi connectivity index (χ1) is 8.39. The summed E-state index contributed by atoms with van der Waals surface area (Å²) in [7, 11) is 0.926. The molecular formula is C15H21N2SiY-. The van der Waals surface area contributed by atoms with Crippen molar-refractivity contribution in [1.82, 2.24) is 4.90 Å². The second-order valence-corrected chi connectivity index (χ2v) is 11.5. The largest absolute Gasteiger partial charge is 0.386 e. The molecular weight excluding hydrogens is 325 g/mol. The third-order valence-electron chi connectivity index (χ3n) is 4.06. The van der Waals surface area contributed by atoms with E-state index < -0.39 is 8.07 Å². The van der Waals surface area contributed by atoms with Gasteiger partial charge in [-0.05, 0) is 0 Å². The second kappa shape index (κ2) is 4.94. The Hall–Kier alpha value is -0.249. The minimum Gasteiger partial charge on any atom is -0.386 e. The zero-order chi connectivity index (χ0) is 13.1. The van der Waals surface area contributed by atoms with E-state index in [-0.39, 0.29) is 32.7 Å². The normalized spacial score (nSPS) is 20.5. The van der Waals surface area contributed by atoms with Gasteiger partial charge in [-0.25, -0.2) is 0 Å². The molecule has 1 atom stereocenters. The topological polar surface area (TPSA) is 6.48 Å². The Morgan fingerprint density at radius 2 is 1.84 bits per heavy atom. The van der Waals surface area contributed by atoms with Crippen molar-refractivity contribution in [1.29, 1.82) is 0 Å². The molecule has 0 spiro atoms. The summed E-state index contributed by atoms with van der Waals surface area (Å²) in [5, 5.41) is 1.55. The molecule has 2 aliphatic rings. The molecule has 0 amide bonds. The van der Waals surface area contributed by atoms with Gasteiger partial charge in [-0.1, -0.05) is 44.4 Å². The van der Waals surface area contributed by atoms with E-state index in [1.807, 2.05) is 0 Å². The zero-order valence-corrected chi connectivity index (χ0v) is 16.3. The fourth-order valence-corrected chi connectivity index (χ4v) is 4.11. The van der Waals surface area contributed by atoms with E-state index in [2.05, 4.69) is 74.0 Å². The van der Waals surface area contributed by atoms with E-state index >= 15 is 0 Å². The van der Waals surface area contributed by atoms with Crippen molar-refractivity contribution in [3.8, 4) is 0 Å². The van der Waals surface area contributed by atoms with Crippen molar-refractivity contribution in [2.75, 3.05) is 11.9 Å². The molecule has 0 aliphatic carbocycles. The molecule has 1 aromatic carbocycles. The number of hydrogen-bond donors (Lipinski definition) is 0. The standard InChI is InChI=1S/C15H21N2Si.Y/c1-11-13-10-12(18(3,4)5)6-7-14(13)17-9-8-16(2)15(11)17;/h6-10,15H,1-5H3;/q-1;. The summed E-state index contributed by atoms with van der Waals surface area (Å²) in [6.07, 6.45) is 4.74. The smallest absolute Gasteiger partial charge is 0.0709 e. The molecule has 4 heteroatoms. The van der Waals surface area contributed by atoms with E-state index in [0.717, 1.165) is 0 Å². The first kappa shape index (κ1) is 15.1. The van der Waals surface area contributed by atoms with Gasteiger partial charge in [0.05, 0.1) is 14.2 Å². The summed E-state index contributed by atoms with van der Waals surface area (Å²) in [5.74, 6) is 1.47. The Kier molecular flexibility index (Phi) is 3.94. The number of hydrogen-bond acceptors (Lipinski definition) is 2. The van der Waals surface area contributed by atoms with E-state index in [4.69, 9.17) is 0 Å². The number of rotatable bonds is 1. The van der Waals surface area contributed by atoms with Gasteiger partial charge in [-0.2, -0.15) is 11.6 Å². The Balaban J connectivity index is 0.00000133. The number of benzene rings is 1. The summed E-state index contributed by atoms with van der Waals surface area (Å²) in [6.45, 7) is 9.49. The molecule has 0 fully saturated rings. The Bertz CT molecular complexity index is 521. The van der Waals surface area contributed by atoms with Gasteiger partial charge in [0, 0.05) is 52.2 Å². The average Bonchev–Trinajstić information content (AvgIpc) is 2.79. The molecule has 1 aromatic rings. The van der Waals surface area contributed by atoms with E-state index in [9.17, 15) is 0 Å². The first-order valence-corrected chi connectivity index (χ1v) is 10.1. The van der Waals surface area contributed by atoms with Gasteiger partial charge in [-0.15, -0.1) is 11.1 Å². The van der Waals surface area contributed by atoms with Crippen LogP contribution in [-0.2, 0) is 32.7 Å². The van der Waals surface area contributed by atoms with Gasteiger partial charge in [0.25, 0.3) is 0 Å². The van der Waals surface area contributed by atoms with Gasteiger partial charge < -0.3 is 9.80 Å². The summed E-state index contributed by atoms with van der Waals surface area (Å²) in [6, 6.07) is 7.06. The van der Waals surface area contributed by atoms with E-state index in [1.165, 1.54) is 17.2 Å². The van der Waals surface area contributed by atoms with Gasteiger partial charge in [0.15, 0.2) is 0 Å². The van der Waals surface area contributed by atoms with Gasteiger partial charge in [0.1, 0.15) is 0 Å². The number of nitrogens with zero attached hydrogens (tertiary/aromatic N) is 2. The van der Waals surface area contributed by atoms with Crippen molar-refractivity contribution in [2.24, 2.45) is 0 Å². The monoisotopic (exact) mass is 346 g/mol. The maximum absolute atomic E-state index is 2.43. The molecule has 3 rings (SSSR count). The number of fused-ring (bicyclic) bond motifs is 3. The predicted octanol–water partition coefficient (Wildman–Crippen LogP) is 2.73. The molecule has 2 nitrogen and oxygen atoms in total. The maximum Gasteiger partial charge on any atom is 0.0709 e. The van der Waals surface area contributed by atoms with Crippen LogP contribution in [0.1, 0.15) is 12.5 Å². The van der Waals surface area contributed by atoms with Gasteiger partial charge >= 0.3 is 0 Å². The minimum absolute atomic E-state index is 0. The van der Waals surface area contributed by atoms with Crippen LogP contribution in [0, 0.1) is 5.92 Å². The minimum atomic E-state index is -1.22. The first-order valence-electron chi connectivity index (χ1n) is 6.56. The summed E-state index contributed by atoms with van der Waals surface area (Å²) >= 11 is 0. The summed E-state index contributed by atoms with van der Waals surface area (Å²) in [5.41, 5.74) is 2.80. The number of anilines is 1. The zero-order valence-electron chi connectivity index (χ0n) is 12.4. The Morgan fingerprint density at radius 3 is 2.47 bits per heavy atom. The van der Waals surface area contributed by atoms with Gasteiger partial charge in [-0.3, -0.25) is 0 Å². The summed E-state index contributed by atoms with van der Waals surface area (Å²) < 4.78 is 0. The van der Waals surface area contributed by atoms with E-state index in [0.29, 0.717) is 6.17 Å². The molecule has 99 valence electrons. The Labute approximate surface area is 142 Å². The van der Waals surface area contributed by atoms with Crippen LogP contribution >= 0.6 is 0 Å². The molecule has 0 saturated carbocycles. The third kappa shape index (κ3) is 2.30. The molecule has 0 N–H and O–H groups in total. The molecule has 0 bridgehead atoms. The SMILES string of the molecule is C[C-]1c2cc([Si](C)(C)C)ccc2N2C=CN(C)C12.[Y]. The van der Waals surface area contributed by atoms with Crippen molar-refractivity contribution >= 4 is 18.9 Å². The van der Waals surface area contributed by atoms with Crippen LogP contribution in [0.5, 0.6) is 0 Å². The van der Waals surface area contributed by atoms with Crippen LogP contribution in [0.15, 0.2) is 30.6 Å². The fourth-order valence-electron chi connectivity index (χ4n) is 2.95. The molecule has 2 heterocycles. The maximum atomic E-state index is 2.43. The quantitative estimate of drug-likeness (QED) is 0.570. The predicted molar refractivity (Wildman–Crippen MR) is 80.6 cm³/mol. The van der Waals surface area contributed by atoms with Gasteiger partial charge in [0.2, 0.25) is 0 Å². The van der Waals surface area contributed by atoms with Crippen molar-refractivity contribution in [3.63, 3.8) is 0 Å². The molecule has 1 radical (unpaired) electrons. The summed E-state index contributed by atoms with van der Waals surface area (Å²) in [4.78, 5) is 4.65. The fraction of sp³-hybridized carbons (Fsp3) is 0.400. The third-order valence-corrected chi connectivity index (χ3v) is 6.11. The van der Waals surface area contributed by atoms with E-state index in [1.54, 1.807) is 5.19 Å². The van der Waals surface area contributed by atoms with Crippen molar-refractivity contribution < 1.29 is 32.7 Å². The van der Waals surface area contributed by atoms with Crippen LogP contribution in [-0.4, -0.2) is 26.2 Å². The Morgan fingerprint density at radius 1 is 1.16 bits per heavy atom. The van der Waals surface area contributed by atoms with Crippen molar-refractivity contribution in [3.05, 3.63) is 42.1 Å². The van der Waals surface area contributed by atoms with Crippen molar-refractivity contribution in [2.45, 2.75) is 32.7 Å². The van der Waals surface area contributed by atoms with Crippen LogP contribution in [0.3, 0.4) is 0 Å². The second-order valence-electron chi connectivity index (χ2n) is 6.41. The van der Waals surface area contributed by atoms with Crippen LogP contribution < -0.4 is 10.1 Å². The molecule has 1 unspecified atom stereocenters. The van der Waals surface area contributed by atoms with Crippen LogP contribution in [0.2, 0.25) is 19.6 Å². The molecule has 2 aliphatic heterocycles. The molecule has 0 aromatic heterocycles. The molecule has 0 saturated heterocycles. The molecule has 19 heavy (non-hydrogen) atoms. The van der Waals surface area contributed by atoms with Crippen LogP contribution in [0.4, 0.5) is 5.69 Å². The van der Waals surface area contributed by atoms with Crippen LogP contribution in [0.25, 0.3) is 0 Å². The number of likely N-dealkylation sites (N-methyl/N-ethyl adjacent to an activating group) is 1.